The number of benzene rings is 2. The lowest BCUT2D eigenvalue weighted by Gasteiger charge is -2.13. The second-order valence-electron chi connectivity index (χ2n) is 6.27. The van der Waals surface area contributed by atoms with Gasteiger partial charge in [0.25, 0.3) is 11.5 Å². The van der Waals surface area contributed by atoms with E-state index in [0.717, 1.165) is 10.7 Å². The van der Waals surface area contributed by atoms with Crippen LogP contribution >= 0.6 is 0 Å². The topological polar surface area (TPSA) is 109 Å². The highest BCUT2D eigenvalue weighted by molar-refractivity contribution is 6.07. The monoisotopic (exact) mass is 423 g/mol. The Morgan fingerprint density at radius 1 is 1.00 bits per heavy atom. The molecular formula is C22H21N3O6. The van der Waals surface area contributed by atoms with Crippen molar-refractivity contribution in [2.75, 3.05) is 26.1 Å². The Morgan fingerprint density at radius 3 is 2.23 bits per heavy atom. The molecule has 2 aromatic carbocycles. The third-order valence-corrected chi connectivity index (χ3v) is 4.26. The number of hydrogen-bond acceptors (Lipinski definition) is 7. The van der Waals surface area contributed by atoms with E-state index in [1.54, 1.807) is 43.3 Å². The molecule has 1 heterocycles. The summed E-state index contributed by atoms with van der Waals surface area (Å²) in [7, 11) is 2.92. The van der Waals surface area contributed by atoms with Crippen LogP contribution in [0.5, 0.6) is 11.5 Å². The summed E-state index contributed by atoms with van der Waals surface area (Å²) in [6.45, 7) is 1.75. The number of hydrogen-bond donors (Lipinski definition) is 1. The molecule has 0 fully saturated rings. The third-order valence-electron chi connectivity index (χ3n) is 4.26. The number of methoxy groups -OCH3 is 2. The predicted molar refractivity (Wildman–Crippen MR) is 113 cm³/mol. The average molecular weight is 423 g/mol. The molecule has 3 rings (SSSR count). The van der Waals surface area contributed by atoms with E-state index in [1.807, 2.05) is 0 Å². The molecule has 0 aliphatic rings. The second kappa shape index (κ2) is 9.57. The number of nitrogens with zero attached hydrogens (tertiary/aromatic N) is 2. The summed E-state index contributed by atoms with van der Waals surface area (Å²) in [5.41, 5.74) is -0.125. The van der Waals surface area contributed by atoms with Crippen LogP contribution in [-0.4, -0.2) is 42.5 Å². The minimum absolute atomic E-state index is 0.0672. The van der Waals surface area contributed by atoms with Crippen molar-refractivity contribution in [2.24, 2.45) is 0 Å². The number of rotatable bonds is 7. The van der Waals surface area contributed by atoms with Gasteiger partial charge in [-0.15, -0.1) is 0 Å². The van der Waals surface area contributed by atoms with Crippen LogP contribution in [0.15, 0.2) is 59.4 Å². The lowest BCUT2D eigenvalue weighted by molar-refractivity contribution is 0.0518. The molecule has 0 aliphatic carbocycles. The van der Waals surface area contributed by atoms with Crippen LogP contribution in [0.25, 0.3) is 5.69 Å². The molecule has 0 atom stereocenters. The number of ether oxygens (including phenoxy) is 3. The highest BCUT2D eigenvalue weighted by Crippen LogP contribution is 2.23. The summed E-state index contributed by atoms with van der Waals surface area (Å²) in [5, 5.41) is 6.70. The van der Waals surface area contributed by atoms with Crippen molar-refractivity contribution in [3.8, 4) is 17.2 Å². The summed E-state index contributed by atoms with van der Waals surface area (Å²) >= 11 is 0. The van der Waals surface area contributed by atoms with Gasteiger partial charge >= 0.3 is 5.97 Å². The summed E-state index contributed by atoms with van der Waals surface area (Å²) in [5.74, 6) is -0.535. The van der Waals surface area contributed by atoms with Gasteiger partial charge in [0.05, 0.1) is 32.2 Å². The molecule has 0 saturated heterocycles. The van der Waals surface area contributed by atoms with Crippen molar-refractivity contribution < 1.29 is 23.8 Å². The SMILES string of the molecule is CCOC(=O)c1nn(-c2ccccc2)c(=O)cc1NC(=O)c1cc(OC)cc(OC)c1. The fraction of sp³-hybridized carbons (Fsp3) is 0.182. The molecule has 0 spiro atoms. The first-order valence-electron chi connectivity index (χ1n) is 9.38. The number of carbonyl (C=O) groups is 2. The number of carbonyl (C=O) groups excluding carboxylic acids is 2. The Balaban J connectivity index is 2.04. The van der Waals surface area contributed by atoms with Gasteiger partial charge in [-0.25, -0.2) is 4.79 Å². The van der Waals surface area contributed by atoms with Gasteiger partial charge in [-0.2, -0.15) is 9.78 Å². The molecule has 9 heteroatoms. The maximum atomic E-state index is 12.8. The number of aromatic nitrogens is 2. The van der Waals surface area contributed by atoms with E-state index in [9.17, 15) is 14.4 Å². The van der Waals surface area contributed by atoms with Gasteiger partial charge in [0, 0.05) is 17.7 Å². The number of esters is 1. The Morgan fingerprint density at radius 2 is 1.65 bits per heavy atom. The molecule has 0 saturated carbocycles. The minimum atomic E-state index is -0.772. The summed E-state index contributed by atoms with van der Waals surface area (Å²) < 4.78 is 16.5. The Hall–Kier alpha value is -4.14. The van der Waals surface area contributed by atoms with Crippen molar-refractivity contribution in [3.05, 3.63) is 76.2 Å². The molecule has 0 unspecified atom stereocenters. The van der Waals surface area contributed by atoms with Crippen molar-refractivity contribution in [3.63, 3.8) is 0 Å². The summed E-state index contributed by atoms with van der Waals surface area (Å²) in [4.78, 5) is 38.0. The molecule has 0 radical (unpaired) electrons. The molecule has 0 bridgehead atoms. The number of amides is 1. The zero-order valence-corrected chi connectivity index (χ0v) is 17.2. The van der Waals surface area contributed by atoms with Crippen LogP contribution in [0.4, 0.5) is 5.69 Å². The molecular weight excluding hydrogens is 402 g/mol. The first kappa shape index (κ1) is 21.6. The second-order valence-corrected chi connectivity index (χ2v) is 6.27. The predicted octanol–water partition coefficient (Wildman–Crippen LogP) is 2.68. The Labute approximate surface area is 178 Å². The van der Waals surface area contributed by atoms with Crippen LogP contribution in [0, 0.1) is 0 Å². The fourth-order valence-corrected chi connectivity index (χ4v) is 2.79. The van der Waals surface area contributed by atoms with Gasteiger partial charge in [-0.3, -0.25) is 9.59 Å². The minimum Gasteiger partial charge on any atom is -0.497 e. The van der Waals surface area contributed by atoms with E-state index < -0.39 is 17.4 Å². The fourth-order valence-electron chi connectivity index (χ4n) is 2.79. The van der Waals surface area contributed by atoms with Gasteiger partial charge in [0.15, 0.2) is 5.69 Å². The maximum Gasteiger partial charge on any atom is 0.360 e. The van der Waals surface area contributed by atoms with Crippen molar-refractivity contribution in [1.82, 2.24) is 9.78 Å². The van der Waals surface area contributed by atoms with Gasteiger partial charge in [0.2, 0.25) is 0 Å². The van der Waals surface area contributed by atoms with E-state index in [2.05, 4.69) is 10.4 Å². The molecule has 160 valence electrons. The molecule has 1 aromatic heterocycles. The van der Waals surface area contributed by atoms with E-state index >= 15 is 0 Å². The first-order chi connectivity index (χ1) is 15.0. The van der Waals surface area contributed by atoms with Gasteiger partial charge in [0.1, 0.15) is 11.5 Å². The zero-order valence-electron chi connectivity index (χ0n) is 17.2. The van der Waals surface area contributed by atoms with Gasteiger partial charge in [-0.1, -0.05) is 18.2 Å². The van der Waals surface area contributed by atoms with Crippen LogP contribution in [-0.2, 0) is 4.74 Å². The zero-order chi connectivity index (χ0) is 22.4. The lowest BCUT2D eigenvalue weighted by atomic mass is 10.1. The Kier molecular flexibility index (Phi) is 6.66. The molecule has 3 aromatic rings. The molecule has 1 amide bonds. The van der Waals surface area contributed by atoms with Crippen molar-refractivity contribution in [2.45, 2.75) is 6.92 Å². The third kappa shape index (κ3) is 4.89. The molecule has 9 nitrogen and oxygen atoms in total. The average Bonchev–Trinajstić information content (AvgIpc) is 2.79. The smallest absolute Gasteiger partial charge is 0.360 e. The largest absolute Gasteiger partial charge is 0.497 e. The molecule has 0 aliphatic heterocycles. The summed E-state index contributed by atoms with van der Waals surface area (Å²) in [6.07, 6.45) is 0. The van der Waals surface area contributed by atoms with Crippen LogP contribution in [0.1, 0.15) is 27.8 Å². The normalized spacial score (nSPS) is 10.3. The van der Waals surface area contributed by atoms with Crippen LogP contribution in [0.2, 0.25) is 0 Å². The highest BCUT2D eigenvalue weighted by atomic mass is 16.5. The highest BCUT2D eigenvalue weighted by Gasteiger charge is 2.21. The lowest BCUT2D eigenvalue weighted by Crippen LogP contribution is -2.27. The number of para-hydroxylation sites is 1. The number of nitrogens with one attached hydrogen (secondary N) is 1. The molecule has 1 N–H and O–H groups in total. The van der Waals surface area contributed by atoms with E-state index in [-0.39, 0.29) is 23.6 Å². The van der Waals surface area contributed by atoms with Crippen molar-refractivity contribution >= 4 is 17.6 Å². The van der Waals surface area contributed by atoms with Crippen molar-refractivity contribution in [1.29, 1.82) is 0 Å². The number of anilines is 1. The molecule has 31 heavy (non-hydrogen) atoms. The standard InChI is InChI=1S/C22H21N3O6/c1-4-31-22(28)20-18(13-19(26)25(24-20)15-8-6-5-7-9-15)23-21(27)14-10-16(29-2)12-17(11-14)30-3/h5-13H,4H2,1-3H3,(H,23,27). The Bertz CT molecular complexity index is 1140. The first-order valence-corrected chi connectivity index (χ1v) is 9.38. The van der Waals surface area contributed by atoms with E-state index in [0.29, 0.717) is 17.2 Å². The van der Waals surface area contributed by atoms with Crippen LogP contribution in [0.3, 0.4) is 0 Å². The van der Waals surface area contributed by atoms with E-state index in [4.69, 9.17) is 14.2 Å². The maximum absolute atomic E-state index is 12.8. The van der Waals surface area contributed by atoms with Gasteiger partial charge in [-0.05, 0) is 31.2 Å². The van der Waals surface area contributed by atoms with Gasteiger partial charge < -0.3 is 19.5 Å². The van der Waals surface area contributed by atoms with Crippen LogP contribution < -0.4 is 20.3 Å². The van der Waals surface area contributed by atoms with E-state index in [1.165, 1.54) is 26.4 Å². The quantitative estimate of drug-likeness (QED) is 0.582. The summed E-state index contributed by atoms with van der Waals surface area (Å²) in [6, 6.07) is 14.3.